The van der Waals surface area contributed by atoms with E-state index in [4.69, 9.17) is 14.4 Å². The molecular weight excluding hydrogens is 268 g/mol. The predicted molar refractivity (Wildman–Crippen MR) is 71.2 cm³/mol. The second-order valence-electron chi connectivity index (χ2n) is 3.69. The number of hydrogen-bond acceptors (Lipinski definition) is 8. The Morgan fingerprint density at radius 2 is 1.89 bits per heavy atom. The number of nitrogens with zero attached hydrogens (tertiary/aromatic N) is 3. The lowest BCUT2D eigenvalue weighted by Gasteiger charge is -2.24. The molecule has 1 saturated heterocycles. The summed E-state index contributed by atoms with van der Waals surface area (Å²) in [5.41, 5.74) is 4.22. The molecule has 0 bridgehead atoms. The Kier molecular flexibility index (Phi) is 5.55. The molecule has 0 spiro atoms. The summed E-state index contributed by atoms with van der Waals surface area (Å²) < 4.78 is 7.18. The van der Waals surface area contributed by atoms with Crippen LogP contribution in [0.25, 0.3) is 0 Å². The molecule has 0 radical (unpaired) electrons. The molecular formula is C11H18N4O3S. The van der Waals surface area contributed by atoms with Crippen molar-refractivity contribution >= 4 is 11.9 Å². The Balaban J connectivity index is 1.96. The third kappa shape index (κ3) is 3.44. The molecule has 1 aliphatic rings. The lowest BCUT2D eigenvalue weighted by molar-refractivity contribution is -0.415. The summed E-state index contributed by atoms with van der Waals surface area (Å²) in [6.45, 7) is 0. The minimum absolute atomic E-state index is 0.418. The number of ether oxygens (including phenoxy) is 1. The molecule has 1 N–H and O–H groups in total. The van der Waals surface area contributed by atoms with Gasteiger partial charge in [-0.15, -0.1) is 9.95 Å². The van der Waals surface area contributed by atoms with E-state index in [0.29, 0.717) is 0 Å². The van der Waals surface area contributed by atoms with E-state index in [1.165, 1.54) is 23.1 Å². The van der Waals surface area contributed by atoms with Crippen LogP contribution in [0.2, 0.25) is 0 Å². The fourth-order valence-corrected chi connectivity index (χ4v) is 2.54. The highest BCUT2D eigenvalue weighted by Gasteiger charge is 2.40. The highest BCUT2D eigenvalue weighted by Crippen LogP contribution is 2.25. The first-order chi connectivity index (χ1) is 9.30. The molecule has 0 aromatic heterocycles. The Bertz CT molecular complexity index is 383. The molecule has 2 rings (SSSR count). The molecule has 1 fully saturated rings. The highest BCUT2D eigenvalue weighted by atomic mass is 32.2. The smallest absolute Gasteiger partial charge is 0.232 e. The van der Waals surface area contributed by atoms with Crippen LogP contribution >= 0.6 is 11.9 Å². The van der Waals surface area contributed by atoms with Crippen molar-refractivity contribution in [2.75, 3.05) is 21.3 Å². The van der Waals surface area contributed by atoms with E-state index in [0.717, 1.165) is 5.75 Å². The van der Waals surface area contributed by atoms with Gasteiger partial charge in [0.05, 0.1) is 14.2 Å². The van der Waals surface area contributed by atoms with Gasteiger partial charge in [0.1, 0.15) is 0 Å². The highest BCUT2D eigenvalue weighted by molar-refractivity contribution is 7.96. The van der Waals surface area contributed by atoms with Crippen molar-refractivity contribution in [2.45, 2.75) is 12.1 Å². The third-order valence-corrected chi connectivity index (χ3v) is 3.54. The van der Waals surface area contributed by atoms with Crippen LogP contribution in [-0.4, -0.2) is 42.5 Å². The fraction of sp³-hybridized carbons (Fsp3) is 0.455. The van der Waals surface area contributed by atoms with Gasteiger partial charge in [0, 0.05) is 12.9 Å². The number of nitrogens with one attached hydrogen (secondary N) is 1. The maximum atomic E-state index is 5.37. The minimum Gasteiger partial charge on any atom is -0.348 e. The van der Waals surface area contributed by atoms with E-state index in [1.54, 1.807) is 30.6 Å². The van der Waals surface area contributed by atoms with Gasteiger partial charge in [-0.05, 0) is 16.0 Å². The molecule has 19 heavy (non-hydrogen) atoms. The molecule has 1 aliphatic heterocycles. The van der Waals surface area contributed by atoms with Crippen LogP contribution in [0.1, 0.15) is 5.56 Å². The van der Waals surface area contributed by atoms with E-state index < -0.39 is 6.35 Å². The first-order valence-corrected chi connectivity index (χ1v) is 6.67. The van der Waals surface area contributed by atoms with Crippen molar-refractivity contribution in [3.05, 3.63) is 35.9 Å². The van der Waals surface area contributed by atoms with Crippen molar-refractivity contribution in [3.8, 4) is 0 Å². The molecule has 0 saturated carbocycles. The summed E-state index contributed by atoms with van der Waals surface area (Å²) in [4.78, 5) is 10.3. The van der Waals surface area contributed by atoms with Crippen LogP contribution in [0.15, 0.2) is 30.3 Å². The Morgan fingerprint density at radius 3 is 2.47 bits per heavy atom. The van der Waals surface area contributed by atoms with Gasteiger partial charge in [-0.3, -0.25) is 9.68 Å². The molecule has 0 aliphatic carbocycles. The second-order valence-corrected chi connectivity index (χ2v) is 4.63. The Morgan fingerprint density at radius 1 is 1.16 bits per heavy atom. The van der Waals surface area contributed by atoms with Crippen LogP contribution in [0, 0.1) is 0 Å². The SMILES string of the molecule is COC1N(SCc2ccccc2)NN(OC)N1OC. The third-order valence-electron chi connectivity index (χ3n) is 2.54. The average molecular weight is 286 g/mol. The van der Waals surface area contributed by atoms with Gasteiger partial charge in [-0.1, -0.05) is 42.3 Å². The number of benzene rings is 1. The largest absolute Gasteiger partial charge is 0.348 e. The monoisotopic (exact) mass is 286 g/mol. The van der Waals surface area contributed by atoms with E-state index in [-0.39, 0.29) is 0 Å². The van der Waals surface area contributed by atoms with Gasteiger partial charge < -0.3 is 4.74 Å². The van der Waals surface area contributed by atoms with Gasteiger partial charge in [-0.25, -0.2) is 0 Å². The van der Waals surface area contributed by atoms with Gasteiger partial charge >= 0.3 is 0 Å². The van der Waals surface area contributed by atoms with Crippen LogP contribution in [0.4, 0.5) is 0 Å². The van der Waals surface area contributed by atoms with Crippen molar-refractivity contribution < 1.29 is 14.4 Å². The molecule has 8 heteroatoms. The van der Waals surface area contributed by atoms with E-state index in [9.17, 15) is 0 Å². The number of hydroxylamine groups is 1. The molecule has 0 amide bonds. The first kappa shape index (κ1) is 14.7. The zero-order valence-electron chi connectivity index (χ0n) is 11.1. The fourth-order valence-electron chi connectivity index (χ4n) is 1.64. The zero-order valence-corrected chi connectivity index (χ0v) is 12.0. The van der Waals surface area contributed by atoms with Gasteiger partial charge in [0.25, 0.3) is 0 Å². The maximum absolute atomic E-state index is 5.37. The summed E-state index contributed by atoms with van der Waals surface area (Å²) in [6, 6.07) is 10.2. The van der Waals surface area contributed by atoms with Crippen molar-refractivity contribution in [1.82, 2.24) is 20.4 Å². The Labute approximate surface area is 116 Å². The Hall–Kier alpha value is -0.710. The van der Waals surface area contributed by atoms with Crippen LogP contribution in [0.5, 0.6) is 0 Å². The van der Waals surface area contributed by atoms with Crippen molar-refractivity contribution in [2.24, 2.45) is 0 Å². The second kappa shape index (κ2) is 7.17. The topological polar surface area (TPSA) is 49.4 Å². The first-order valence-electron chi connectivity index (χ1n) is 5.72. The number of rotatable bonds is 6. The quantitative estimate of drug-likeness (QED) is 0.781. The van der Waals surface area contributed by atoms with Gasteiger partial charge in [0.2, 0.25) is 6.35 Å². The van der Waals surface area contributed by atoms with Crippen LogP contribution < -0.4 is 5.53 Å². The van der Waals surface area contributed by atoms with Crippen LogP contribution in [-0.2, 0) is 20.2 Å². The average Bonchev–Trinajstić information content (AvgIpc) is 2.82. The molecule has 1 heterocycles. The van der Waals surface area contributed by atoms with Gasteiger partial charge in [-0.2, -0.15) is 0 Å². The number of hydrogen-bond donors (Lipinski definition) is 1. The van der Waals surface area contributed by atoms with Crippen molar-refractivity contribution in [3.63, 3.8) is 0 Å². The van der Waals surface area contributed by atoms with Crippen LogP contribution in [0.3, 0.4) is 0 Å². The number of methoxy groups -OCH3 is 1. The predicted octanol–water partition coefficient (Wildman–Crippen LogP) is 1.14. The molecule has 1 atom stereocenters. The normalized spacial score (nSPS) is 22.2. The number of hydrazine groups is 3. The molecule has 7 nitrogen and oxygen atoms in total. The zero-order chi connectivity index (χ0) is 13.7. The van der Waals surface area contributed by atoms with E-state index >= 15 is 0 Å². The lowest BCUT2D eigenvalue weighted by atomic mass is 10.2. The summed E-state index contributed by atoms with van der Waals surface area (Å²) in [5.74, 6) is 0.808. The maximum Gasteiger partial charge on any atom is 0.232 e. The van der Waals surface area contributed by atoms with Gasteiger partial charge in [0.15, 0.2) is 0 Å². The molecule has 1 aromatic carbocycles. The van der Waals surface area contributed by atoms with E-state index in [1.807, 2.05) is 18.2 Å². The summed E-state index contributed by atoms with van der Waals surface area (Å²) in [7, 11) is 4.69. The van der Waals surface area contributed by atoms with E-state index in [2.05, 4.69) is 17.7 Å². The van der Waals surface area contributed by atoms with Crippen molar-refractivity contribution in [1.29, 1.82) is 0 Å². The molecule has 106 valence electrons. The minimum atomic E-state index is -0.418. The lowest BCUT2D eigenvalue weighted by Crippen LogP contribution is -2.43. The summed E-state index contributed by atoms with van der Waals surface area (Å²) in [6.07, 6.45) is -0.418. The summed E-state index contributed by atoms with van der Waals surface area (Å²) >= 11 is 1.56. The molecule has 1 unspecified atom stereocenters. The summed E-state index contributed by atoms with van der Waals surface area (Å²) in [5, 5.41) is 2.80. The molecule has 1 aromatic rings. The standard InChI is InChI=1S/C11H18N4O3S/c1-16-11-13(12-15(18-3)14(11)17-2)19-9-10-7-5-4-6-8-10/h4-8,11-12H,9H2,1-3H3.